The van der Waals surface area contributed by atoms with Gasteiger partial charge in [-0.25, -0.2) is 9.78 Å². The van der Waals surface area contributed by atoms with Gasteiger partial charge in [-0.05, 0) is 48.6 Å². The zero-order valence-corrected chi connectivity index (χ0v) is 17.4. The molecular weight excluding hydrogens is 444 g/mol. The van der Waals surface area contributed by atoms with Crippen LogP contribution in [-0.2, 0) is 0 Å². The third kappa shape index (κ3) is 3.61. The van der Waals surface area contributed by atoms with Gasteiger partial charge in [0.2, 0.25) is 0 Å². The van der Waals surface area contributed by atoms with Gasteiger partial charge in [0.1, 0.15) is 6.33 Å². The van der Waals surface area contributed by atoms with Gasteiger partial charge < -0.3 is 5.11 Å². The van der Waals surface area contributed by atoms with Crippen molar-refractivity contribution in [3.8, 4) is 6.07 Å². The molecule has 3 rings (SSSR count). The Hall–Kier alpha value is -2.83. The Morgan fingerprint density at radius 1 is 1.39 bits per heavy atom. The van der Waals surface area contributed by atoms with Crippen LogP contribution in [-0.4, -0.2) is 26.6 Å². The molecule has 0 radical (unpaired) electrons. The molecule has 7 nitrogen and oxygen atoms in total. The number of carbonyl (C=O) groups is 1. The quantitative estimate of drug-likeness (QED) is 0.581. The average molecular weight is 459 g/mol. The van der Waals surface area contributed by atoms with E-state index in [0.29, 0.717) is 21.7 Å². The molecule has 0 aliphatic rings. The van der Waals surface area contributed by atoms with Crippen LogP contribution in [0.3, 0.4) is 0 Å². The van der Waals surface area contributed by atoms with Crippen LogP contribution in [0, 0.1) is 18.3 Å². The fourth-order valence-corrected chi connectivity index (χ4v) is 3.83. The van der Waals surface area contributed by atoms with E-state index in [2.05, 4.69) is 20.9 Å². The monoisotopic (exact) mass is 458 g/mol. The highest BCUT2D eigenvalue weighted by atomic mass is 79.9. The molecule has 1 aromatic heterocycles. The molecule has 0 aliphatic heterocycles. The van der Waals surface area contributed by atoms with Crippen molar-refractivity contribution in [2.24, 2.45) is 0 Å². The minimum Gasteiger partial charge on any atom is -0.463 e. The second-order valence-electron chi connectivity index (χ2n) is 5.83. The van der Waals surface area contributed by atoms with E-state index in [1.807, 2.05) is 19.9 Å². The number of anilines is 1. The summed E-state index contributed by atoms with van der Waals surface area (Å²) >= 11 is 4.81. The molecule has 3 aromatic rings. The van der Waals surface area contributed by atoms with Crippen molar-refractivity contribution in [3.63, 3.8) is 0 Å². The normalized spacial score (nSPS) is 10.6. The van der Waals surface area contributed by atoms with E-state index < -0.39 is 11.7 Å². The first-order valence-corrected chi connectivity index (χ1v) is 10.0. The Kier molecular flexibility index (Phi) is 5.72. The van der Waals surface area contributed by atoms with E-state index in [1.54, 1.807) is 24.3 Å². The lowest BCUT2D eigenvalue weighted by atomic mass is 10.2. The highest BCUT2D eigenvalue weighted by Gasteiger charge is 2.23. The number of benzene rings is 2. The number of halogens is 1. The van der Waals surface area contributed by atoms with Crippen LogP contribution in [0.2, 0.25) is 0 Å². The summed E-state index contributed by atoms with van der Waals surface area (Å²) in [5.74, 6) is 0.698. The predicted octanol–water partition coefficient (Wildman–Crippen LogP) is 4.40. The summed E-state index contributed by atoms with van der Waals surface area (Å²) in [6.07, 6.45) is -0.173. The van der Waals surface area contributed by atoms with Crippen molar-refractivity contribution in [1.82, 2.24) is 9.66 Å². The molecule has 0 atom stereocenters. The summed E-state index contributed by atoms with van der Waals surface area (Å²) in [7, 11) is 0. The lowest BCUT2D eigenvalue weighted by Crippen LogP contribution is -2.42. The van der Waals surface area contributed by atoms with Crippen LogP contribution in [0.4, 0.5) is 10.5 Å². The first kappa shape index (κ1) is 19.9. The number of nitrogens with zero attached hydrogens (tertiary/aromatic N) is 4. The molecule has 0 saturated heterocycles. The number of hydrogen-bond donors (Lipinski definition) is 1. The summed E-state index contributed by atoms with van der Waals surface area (Å²) in [4.78, 5) is 30.1. The maximum atomic E-state index is 13.1. The zero-order valence-electron chi connectivity index (χ0n) is 15.0. The van der Waals surface area contributed by atoms with Crippen LogP contribution >= 0.6 is 27.7 Å². The van der Waals surface area contributed by atoms with E-state index >= 15 is 0 Å². The Balaban J connectivity index is 2.29. The minimum absolute atomic E-state index is 0.229. The van der Waals surface area contributed by atoms with Gasteiger partial charge in [0.25, 0.3) is 5.56 Å². The highest BCUT2D eigenvalue weighted by molar-refractivity contribution is 9.10. The van der Waals surface area contributed by atoms with Gasteiger partial charge in [-0.3, -0.25) is 4.79 Å². The molecular formula is C19H15BrN4O3S. The second kappa shape index (κ2) is 8.04. The number of nitriles is 1. The van der Waals surface area contributed by atoms with Crippen molar-refractivity contribution in [1.29, 1.82) is 5.26 Å². The number of hydrogen-bond acceptors (Lipinski definition) is 5. The van der Waals surface area contributed by atoms with Gasteiger partial charge in [-0.15, -0.1) is 11.8 Å². The Bertz CT molecular complexity index is 1190. The molecule has 0 spiro atoms. The van der Waals surface area contributed by atoms with Crippen molar-refractivity contribution < 1.29 is 9.90 Å². The van der Waals surface area contributed by atoms with Crippen molar-refractivity contribution in [2.45, 2.75) is 18.7 Å². The SMILES string of the molecule is CCSc1ccc(C#N)cc1N(C(=O)O)n1cnc2cc(C)c(Br)cc2c1=O. The fraction of sp³-hybridized carbons (Fsp3) is 0.158. The summed E-state index contributed by atoms with van der Waals surface area (Å²) in [6.45, 7) is 3.81. The Labute approximate surface area is 173 Å². The lowest BCUT2D eigenvalue weighted by molar-refractivity contribution is 0.198. The molecule has 1 heterocycles. The average Bonchev–Trinajstić information content (AvgIpc) is 2.66. The second-order valence-corrected chi connectivity index (χ2v) is 7.99. The van der Waals surface area contributed by atoms with Crippen LogP contribution in [0.1, 0.15) is 18.1 Å². The van der Waals surface area contributed by atoms with Crippen LogP contribution < -0.4 is 10.6 Å². The van der Waals surface area contributed by atoms with Gasteiger partial charge in [0.05, 0.1) is 28.2 Å². The van der Waals surface area contributed by atoms with Gasteiger partial charge >= 0.3 is 6.09 Å². The highest BCUT2D eigenvalue weighted by Crippen LogP contribution is 2.31. The third-order valence-electron chi connectivity index (χ3n) is 4.03. The molecule has 0 unspecified atom stereocenters. The summed E-state index contributed by atoms with van der Waals surface area (Å²) in [6, 6.07) is 10.1. The third-order valence-corrected chi connectivity index (χ3v) is 5.83. The molecule has 0 bridgehead atoms. The predicted molar refractivity (Wildman–Crippen MR) is 112 cm³/mol. The standard InChI is InChI=1S/C19H15BrN4O3S/c1-3-28-17-5-4-12(9-21)7-16(17)24(19(26)27)23-10-22-15-6-11(2)14(20)8-13(15)18(23)25/h4-8,10H,3H2,1-2H3,(H,26,27). The van der Waals surface area contributed by atoms with Crippen molar-refractivity contribution in [2.75, 3.05) is 10.8 Å². The van der Waals surface area contributed by atoms with Crippen molar-refractivity contribution in [3.05, 3.63) is 62.6 Å². The number of rotatable bonds is 4. The van der Waals surface area contributed by atoms with Crippen LogP contribution in [0.25, 0.3) is 10.9 Å². The van der Waals surface area contributed by atoms with Gasteiger partial charge in [0, 0.05) is 9.37 Å². The molecule has 142 valence electrons. The zero-order chi connectivity index (χ0) is 20.4. The van der Waals surface area contributed by atoms with Gasteiger partial charge in [0.15, 0.2) is 0 Å². The Morgan fingerprint density at radius 3 is 2.79 bits per heavy atom. The van der Waals surface area contributed by atoms with Gasteiger partial charge in [-0.1, -0.05) is 22.9 Å². The van der Waals surface area contributed by atoms with E-state index in [0.717, 1.165) is 19.7 Å². The molecule has 2 aromatic carbocycles. The largest absolute Gasteiger partial charge is 0.463 e. The van der Waals surface area contributed by atoms with E-state index in [9.17, 15) is 20.0 Å². The lowest BCUT2D eigenvalue weighted by Gasteiger charge is -2.23. The molecule has 0 fully saturated rings. The fourth-order valence-electron chi connectivity index (χ4n) is 2.72. The summed E-state index contributed by atoms with van der Waals surface area (Å²) < 4.78 is 1.68. The number of aromatic nitrogens is 2. The topological polar surface area (TPSA) is 99.2 Å². The molecule has 0 aliphatic carbocycles. The maximum Gasteiger partial charge on any atom is 0.431 e. The number of amides is 1. The summed E-state index contributed by atoms with van der Waals surface area (Å²) in [5.41, 5.74) is 1.38. The molecule has 9 heteroatoms. The number of fused-ring (bicyclic) bond motifs is 1. The van der Waals surface area contributed by atoms with Crippen LogP contribution in [0.15, 0.2) is 50.8 Å². The number of thioether (sulfide) groups is 1. The molecule has 0 saturated carbocycles. The van der Waals surface area contributed by atoms with E-state index in [-0.39, 0.29) is 11.1 Å². The van der Waals surface area contributed by atoms with Crippen molar-refractivity contribution >= 4 is 50.4 Å². The Morgan fingerprint density at radius 2 is 2.14 bits per heavy atom. The smallest absolute Gasteiger partial charge is 0.431 e. The van der Waals surface area contributed by atoms with Crippen LogP contribution in [0.5, 0.6) is 0 Å². The minimum atomic E-state index is -1.36. The maximum absolute atomic E-state index is 13.1. The first-order chi connectivity index (χ1) is 13.4. The van der Waals surface area contributed by atoms with Gasteiger partial charge in [-0.2, -0.15) is 14.9 Å². The summed E-state index contributed by atoms with van der Waals surface area (Å²) in [5, 5.41) is 20.2. The number of carboxylic acid groups (broad SMARTS) is 1. The number of aryl methyl sites for hydroxylation is 1. The first-order valence-electron chi connectivity index (χ1n) is 8.25. The molecule has 28 heavy (non-hydrogen) atoms. The molecule has 1 amide bonds. The van der Waals surface area contributed by atoms with E-state index in [1.165, 1.54) is 24.2 Å². The molecule has 1 N–H and O–H groups in total. The van der Waals surface area contributed by atoms with E-state index in [4.69, 9.17) is 0 Å².